The fraction of sp³-hybridized carbons (Fsp3) is 0.556. The largest absolute Gasteiger partial charge is 0.481 e. The number of nitrogens with one attached hydrogen (secondary N) is 1. The Morgan fingerprint density at radius 2 is 2.00 bits per heavy atom. The van der Waals surface area contributed by atoms with Crippen LogP contribution < -0.4 is 5.32 Å². The molecule has 0 spiro atoms. The van der Waals surface area contributed by atoms with Crippen molar-refractivity contribution in [1.29, 1.82) is 0 Å². The number of nitrogens with zero attached hydrogens (tertiary/aromatic N) is 1. The summed E-state index contributed by atoms with van der Waals surface area (Å²) >= 11 is 0. The second-order valence-electron chi connectivity index (χ2n) is 7.13. The molecule has 0 saturated heterocycles. The molecule has 2 amide bonds. The summed E-state index contributed by atoms with van der Waals surface area (Å²) in [7, 11) is 0. The van der Waals surface area contributed by atoms with Crippen molar-refractivity contribution in [3.63, 3.8) is 0 Å². The number of carbonyl (C=O) groups is 2. The molecule has 0 fully saturated rings. The van der Waals surface area contributed by atoms with Gasteiger partial charge >= 0.3 is 12.0 Å². The van der Waals surface area contributed by atoms with E-state index in [1.54, 1.807) is 4.90 Å². The Bertz CT molecular complexity index is 590. The fourth-order valence-electron chi connectivity index (χ4n) is 2.74. The summed E-state index contributed by atoms with van der Waals surface area (Å²) in [5, 5.41) is 11.4. The van der Waals surface area contributed by atoms with Crippen LogP contribution in [0.2, 0.25) is 0 Å². The molecule has 0 aliphatic carbocycles. The lowest BCUT2D eigenvalue weighted by Gasteiger charge is -2.30. The van der Waals surface area contributed by atoms with E-state index in [2.05, 4.69) is 44.3 Å². The maximum absolute atomic E-state index is 12.2. The number of rotatable bonds is 4. The quantitative estimate of drug-likeness (QED) is 0.839. The third-order valence-electron chi connectivity index (χ3n) is 4.22. The molecule has 0 aromatic heterocycles. The molecule has 2 rings (SSSR count). The minimum atomic E-state index is -0.833. The number of carboxylic acids is 1. The Hall–Kier alpha value is -2.04. The lowest BCUT2D eigenvalue weighted by molar-refractivity contribution is -0.137. The molecule has 0 unspecified atom stereocenters. The molecule has 5 heteroatoms. The van der Waals surface area contributed by atoms with Crippen molar-refractivity contribution in [3.05, 3.63) is 34.9 Å². The standard InChI is InChI=1S/C18H26N2O3/c1-18(2,3)15-7-6-13-8-10-20(12-14(13)11-15)17(23)19-9-4-5-16(21)22/h6-7,11H,4-5,8-10,12H2,1-3H3,(H,19,23)(H,21,22). The molecule has 1 aliphatic rings. The van der Waals surface area contributed by atoms with E-state index in [0.29, 0.717) is 26.1 Å². The first-order chi connectivity index (χ1) is 10.8. The lowest BCUT2D eigenvalue weighted by Crippen LogP contribution is -2.43. The smallest absolute Gasteiger partial charge is 0.317 e. The van der Waals surface area contributed by atoms with Crippen molar-refractivity contribution >= 4 is 12.0 Å². The number of hydrogen-bond acceptors (Lipinski definition) is 2. The highest BCUT2D eigenvalue weighted by Crippen LogP contribution is 2.27. The molecule has 0 radical (unpaired) electrons. The van der Waals surface area contributed by atoms with Crippen molar-refractivity contribution < 1.29 is 14.7 Å². The average molecular weight is 318 g/mol. The van der Waals surface area contributed by atoms with Crippen molar-refractivity contribution in [2.45, 2.75) is 52.0 Å². The summed E-state index contributed by atoms with van der Waals surface area (Å²) in [6.07, 6.45) is 1.40. The van der Waals surface area contributed by atoms with E-state index in [4.69, 9.17) is 5.11 Å². The van der Waals surface area contributed by atoms with Gasteiger partial charge in [-0.25, -0.2) is 4.79 Å². The van der Waals surface area contributed by atoms with Crippen molar-refractivity contribution in [2.24, 2.45) is 0 Å². The Kier molecular flexibility index (Phi) is 5.29. The number of amides is 2. The van der Waals surface area contributed by atoms with Crippen LogP contribution in [0, 0.1) is 0 Å². The van der Waals surface area contributed by atoms with Crippen LogP contribution >= 0.6 is 0 Å². The molecule has 1 aromatic rings. The number of aliphatic carboxylic acids is 1. The zero-order chi connectivity index (χ0) is 17.0. The number of fused-ring (bicyclic) bond motifs is 1. The van der Waals surface area contributed by atoms with Crippen LogP contribution in [0.5, 0.6) is 0 Å². The Morgan fingerprint density at radius 1 is 1.26 bits per heavy atom. The lowest BCUT2D eigenvalue weighted by atomic mass is 9.84. The summed E-state index contributed by atoms with van der Waals surface area (Å²) < 4.78 is 0. The first kappa shape index (κ1) is 17.3. The highest BCUT2D eigenvalue weighted by atomic mass is 16.4. The van der Waals surface area contributed by atoms with E-state index in [9.17, 15) is 9.59 Å². The monoisotopic (exact) mass is 318 g/mol. The summed E-state index contributed by atoms with van der Waals surface area (Å²) in [6, 6.07) is 6.46. The molecule has 0 bridgehead atoms. The average Bonchev–Trinajstić information content (AvgIpc) is 2.49. The summed E-state index contributed by atoms with van der Waals surface area (Å²) in [5.41, 5.74) is 3.90. The molecule has 23 heavy (non-hydrogen) atoms. The van der Waals surface area contributed by atoms with Crippen LogP contribution in [0.1, 0.15) is 50.3 Å². The maximum Gasteiger partial charge on any atom is 0.317 e. The molecular weight excluding hydrogens is 292 g/mol. The molecular formula is C18H26N2O3. The Labute approximate surface area is 137 Å². The van der Waals surface area contributed by atoms with Crippen molar-refractivity contribution in [3.8, 4) is 0 Å². The molecule has 126 valence electrons. The van der Waals surface area contributed by atoms with Gasteiger partial charge < -0.3 is 15.3 Å². The van der Waals surface area contributed by atoms with Gasteiger partial charge in [0, 0.05) is 26.1 Å². The highest BCUT2D eigenvalue weighted by Gasteiger charge is 2.22. The van der Waals surface area contributed by atoms with Crippen LogP contribution in [0.3, 0.4) is 0 Å². The van der Waals surface area contributed by atoms with Crippen LogP contribution in [-0.2, 0) is 23.2 Å². The predicted octanol–water partition coefficient (Wildman–Crippen LogP) is 2.92. The van der Waals surface area contributed by atoms with E-state index < -0.39 is 5.97 Å². The van der Waals surface area contributed by atoms with Crippen molar-refractivity contribution in [1.82, 2.24) is 10.2 Å². The fourth-order valence-corrected chi connectivity index (χ4v) is 2.74. The Balaban J connectivity index is 1.96. The Morgan fingerprint density at radius 3 is 2.65 bits per heavy atom. The van der Waals surface area contributed by atoms with Crippen LogP contribution in [-0.4, -0.2) is 35.1 Å². The molecule has 5 nitrogen and oxygen atoms in total. The van der Waals surface area contributed by atoms with Gasteiger partial charge in [0.2, 0.25) is 0 Å². The highest BCUT2D eigenvalue weighted by molar-refractivity contribution is 5.74. The van der Waals surface area contributed by atoms with Crippen molar-refractivity contribution in [2.75, 3.05) is 13.1 Å². The summed E-state index contributed by atoms with van der Waals surface area (Å²) in [4.78, 5) is 24.5. The summed E-state index contributed by atoms with van der Waals surface area (Å²) in [6.45, 7) is 8.27. The topological polar surface area (TPSA) is 69.6 Å². The number of urea groups is 1. The first-order valence-corrected chi connectivity index (χ1v) is 8.14. The van der Waals surface area contributed by atoms with E-state index in [1.165, 1.54) is 16.7 Å². The molecule has 1 heterocycles. The normalized spacial score (nSPS) is 14.3. The second-order valence-corrected chi connectivity index (χ2v) is 7.13. The summed E-state index contributed by atoms with van der Waals surface area (Å²) in [5.74, 6) is -0.833. The van der Waals surface area contributed by atoms with Crippen LogP contribution in [0.25, 0.3) is 0 Å². The molecule has 0 saturated carbocycles. The number of carbonyl (C=O) groups excluding carboxylic acids is 1. The molecule has 1 aromatic carbocycles. The van der Waals surface area contributed by atoms with Crippen LogP contribution in [0.15, 0.2) is 18.2 Å². The van der Waals surface area contributed by atoms with Gasteiger partial charge in [-0.3, -0.25) is 4.79 Å². The zero-order valence-corrected chi connectivity index (χ0v) is 14.2. The number of carboxylic acid groups (broad SMARTS) is 1. The predicted molar refractivity (Wildman–Crippen MR) is 89.5 cm³/mol. The molecule has 2 N–H and O–H groups in total. The third-order valence-corrected chi connectivity index (χ3v) is 4.22. The third kappa shape index (κ3) is 4.71. The van der Waals surface area contributed by atoms with Gasteiger partial charge in [-0.15, -0.1) is 0 Å². The zero-order valence-electron chi connectivity index (χ0n) is 14.2. The second kappa shape index (κ2) is 7.02. The van der Waals surface area contributed by atoms with E-state index in [1.807, 2.05) is 0 Å². The van der Waals surface area contributed by atoms with Gasteiger partial charge in [0.1, 0.15) is 0 Å². The van der Waals surface area contributed by atoms with Gasteiger partial charge in [0.05, 0.1) is 0 Å². The number of hydrogen-bond donors (Lipinski definition) is 2. The maximum atomic E-state index is 12.2. The van der Waals surface area contributed by atoms with Gasteiger partial charge in [-0.1, -0.05) is 39.0 Å². The first-order valence-electron chi connectivity index (χ1n) is 8.14. The van der Waals surface area contributed by atoms with Gasteiger partial charge in [0.25, 0.3) is 0 Å². The van der Waals surface area contributed by atoms with Gasteiger partial charge in [-0.05, 0) is 34.9 Å². The SMILES string of the molecule is CC(C)(C)c1ccc2c(c1)CN(C(=O)NCCCC(=O)O)CC2. The van der Waals surface area contributed by atoms with E-state index in [-0.39, 0.29) is 17.9 Å². The van der Waals surface area contributed by atoms with Gasteiger partial charge in [0.15, 0.2) is 0 Å². The van der Waals surface area contributed by atoms with Crippen LogP contribution in [0.4, 0.5) is 4.79 Å². The minimum Gasteiger partial charge on any atom is -0.481 e. The van der Waals surface area contributed by atoms with E-state index in [0.717, 1.165) is 6.42 Å². The molecule has 0 atom stereocenters. The molecule has 1 aliphatic heterocycles. The van der Waals surface area contributed by atoms with E-state index >= 15 is 0 Å². The number of benzene rings is 1. The minimum absolute atomic E-state index is 0.0814. The van der Waals surface area contributed by atoms with Gasteiger partial charge in [-0.2, -0.15) is 0 Å².